The molecule has 0 radical (unpaired) electrons. The number of ether oxygens (including phenoxy) is 1. The minimum Gasteiger partial charge on any atom is -0.482 e. The second-order valence-corrected chi connectivity index (χ2v) is 4.18. The van der Waals surface area contributed by atoms with Crippen molar-refractivity contribution < 1.29 is 18.9 Å². The summed E-state index contributed by atoms with van der Waals surface area (Å²) in [5.41, 5.74) is 2.43. The summed E-state index contributed by atoms with van der Waals surface area (Å²) < 4.78 is 10.7. The number of hydrogen-bond acceptors (Lipinski definition) is 6. The molecule has 0 aliphatic carbocycles. The number of hydrazine groups is 1. The molecule has 1 aromatic carbocycles. The Bertz CT molecular complexity index is 680. The Labute approximate surface area is 119 Å². The van der Waals surface area contributed by atoms with Gasteiger partial charge >= 0.3 is 11.6 Å². The Balaban J connectivity index is 2.15. The first-order valence-corrected chi connectivity index (χ1v) is 5.99. The van der Waals surface area contributed by atoms with Gasteiger partial charge in [-0.15, -0.1) is 0 Å². The number of nitro benzene ring substituents is 1. The maximum absolute atomic E-state index is 11.3. The van der Waals surface area contributed by atoms with Crippen molar-refractivity contribution in [3.63, 3.8) is 0 Å². The van der Waals surface area contributed by atoms with E-state index in [1.807, 2.05) is 5.43 Å². The first-order chi connectivity index (χ1) is 10.0. The molecule has 0 aliphatic heterocycles. The number of nitrogen functional groups attached to an aromatic ring is 1. The number of para-hydroxylation sites is 2. The largest absolute Gasteiger partial charge is 0.482 e. The monoisotopic (exact) mass is 291 g/mol. The third-order valence-electron chi connectivity index (χ3n) is 2.82. The van der Waals surface area contributed by atoms with E-state index < -0.39 is 10.8 Å². The van der Waals surface area contributed by atoms with E-state index >= 15 is 0 Å². The topological polar surface area (TPSA) is 121 Å². The molecule has 0 aliphatic rings. The van der Waals surface area contributed by atoms with E-state index in [0.29, 0.717) is 11.3 Å². The van der Waals surface area contributed by atoms with E-state index in [1.165, 1.54) is 18.2 Å². The summed E-state index contributed by atoms with van der Waals surface area (Å²) in [4.78, 5) is 21.7. The van der Waals surface area contributed by atoms with Gasteiger partial charge < -0.3 is 9.15 Å². The predicted octanol–water partition coefficient (Wildman–Crippen LogP) is 1.68. The zero-order valence-electron chi connectivity index (χ0n) is 11.2. The van der Waals surface area contributed by atoms with Crippen molar-refractivity contribution >= 4 is 11.6 Å². The summed E-state index contributed by atoms with van der Waals surface area (Å²) in [6.45, 7) is 1.70. The molecule has 8 nitrogen and oxygen atoms in total. The van der Waals surface area contributed by atoms with Crippen LogP contribution in [0.5, 0.6) is 5.75 Å². The van der Waals surface area contributed by atoms with Gasteiger partial charge in [-0.2, -0.15) is 0 Å². The molecule has 21 heavy (non-hydrogen) atoms. The number of benzene rings is 1. The number of nitrogens with zero attached hydrogens (tertiary/aromatic N) is 1. The highest BCUT2D eigenvalue weighted by molar-refractivity contribution is 5.91. The van der Waals surface area contributed by atoms with Crippen LogP contribution in [-0.4, -0.2) is 10.8 Å². The summed E-state index contributed by atoms with van der Waals surface area (Å²) in [5, 5.41) is 10.9. The number of carbonyl (C=O) groups excluding carboxylic acids is 1. The first kappa shape index (κ1) is 14.5. The minimum atomic E-state index is -0.560. The smallest absolute Gasteiger partial charge is 0.310 e. The molecule has 1 heterocycles. The van der Waals surface area contributed by atoms with Crippen LogP contribution in [-0.2, 0) is 6.61 Å². The van der Waals surface area contributed by atoms with Crippen LogP contribution in [0.2, 0.25) is 0 Å². The number of aryl methyl sites for hydroxylation is 1. The summed E-state index contributed by atoms with van der Waals surface area (Å²) >= 11 is 0. The fraction of sp³-hybridized carbons (Fsp3) is 0.154. The second kappa shape index (κ2) is 6.06. The molecule has 0 unspecified atom stereocenters. The molecule has 8 heteroatoms. The number of nitro groups is 1. The number of rotatable bonds is 5. The van der Waals surface area contributed by atoms with Crippen molar-refractivity contribution in [1.29, 1.82) is 0 Å². The fourth-order valence-corrected chi connectivity index (χ4v) is 1.73. The summed E-state index contributed by atoms with van der Waals surface area (Å²) in [7, 11) is 0. The predicted molar refractivity (Wildman–Crippen MR) is 72.5 cm³/mol. The van der Waals surface area contributed by atoms with Crippen LogP contribution in [0.25, 0.3) is 0 Å². The van der Waals surface area contributed by atoms with Crippen LogP contribution in [0.1, 0.15) is 21.9 Å². The lowest BCUT2D eigenvalue weighted by atomic mass is 10.2. The second-order valence-electron chi connectivity index (χ2n) is 4.18. The quantitative estimate of drug-likeness (QED) is 0.374. The molecule has 1 amide bonds. The zero-order valence-corrected chi connectivity index (χ0v) is 11.2. The zero-order chi connectivity index (χ0) is 15.4. The van der Waals surface area contributed by atoms with Gasteiger partial charge in [0.15, 0.2) is 11.5 Å². The molecule has 0 spiro atoms. The van der Waals surface area contributed by atoms with Crippen LogP contribution >= 0.6 is 0 Å². The molecule has 2 rings (SSSR count). The van der Waals surface area contributed by atoms with Gasteiger partial charge in [-0.1, -0.05) is 12.1 Å². The number of nitrogens with one attached hydrogen (secondary N) is 1. The maximum Gasteiger partial charge on any atom is 0.310 e. The number of furan rings is 1. The molecule has 0 bridgehead atoms. The average molecular weight is 291 g/mol. The Morgan fingerprint density at radius 3 is 2.86 bits per heavy atom. The number of hydrogen-bond donors (Lipinski definition) is 2. The van der Waals surface area contributed by atoms with Gasteiger partial charge in [0, 0.05) is 11.6 Å². The Kier molecular flexibility index (Phi) is 4.19. The standard InChI is InChI=1S/C13H13N3O5/c1-8-9(6-12(21-8)13(17)15-14)7-20-11-5-3-2-4-10(11)16(18)19/h2-6H,7,14H2,1H3,(H,15,17). The molecule has 110 valence electrons. The molecular formula is C13H13N3O5. The number of nitrogens with two attached hydrogens (primary N) is 1. The lowest BCUT2D eigenvalue weighted by Crippen LogP contribution is -2.29. The average Bonchev–Trinajstić information content (AvgIpc) is 2.85. The van der Waals surface area contributed by atoms with Crippen LogP contribution in [0.4, 0.5) is 5.69 Å². The first-order valence-electron chi connectivity index (χ1n) is 5.99. The van der Waals surface area contributed by atoms with E-state index in [4.69, 9.17) is 15.0 Å². The van der Waals surface area contributed by atoms with Gasteiger partial charge in [-0.25, -0.2) is 5.84 Å². The van der Waals surface area contributed by atoms with Crippen LogP contribution < -0.4 is 16.0 Å². The number of amides is 1. The van der Waals surface area contributed by atoms with E-state index in [2.05, 4.69) is 0 Å². The van der Waals surface area contributed by atoms with Crippen molar-refractivity contribution in [2.45, 2.75) is 13.5 Å². The van der Waals surface area contributed by atoms with Crippen molar-refractivity contribution in [3.05, 3.63) is 57.5 Å². The maximum atomic E-state index is 11.3. The van der Waals surface area contributed by atoms with Gasteiger partial charge in [0.1, 0.15) is 12.4 Å². The molecule has 1 aromatic heterocycles. The highest BCUT2D eigenvalue weighted by Crippen LogP contribution is 2.27. The normalized spacial score (nSPS) is 10.2. The van der Waals surface area contributed by atoms with Gasteiger partial charge in [-0.3, -0.25) is 20.3 Å². The Hall–Kier alpha value is -2.87. The fourth-order valence-electron chi connectivity index (χ4n) is 1.73. The molecule has 0 fully saturated rings. The Morgan fingerprint density at radius 1 is 1.48 bits per heavy atom. The number of carbonyl (C=O) groups is 1. The van der Waals surface area contributed by atoms with Crippen LogP contribution in [0, 0.1) is 17.0 Å². The SMILES string of the molecule is Cc1oc(C(=O)NN)cc1COc1ccccc1[N+](=O)[O-]. The summed E-state index contributed by atoms with van der Waals surface area (Å²) in [6, 6.07) is 7.52. The van der Waals surface area contributed by atoms with Crippen molar-refractivity contribution in [3.8, 4) is 5.75 Å². The third kappa shape index (κ3) is 3.18. The molecule has 3 N–H and O–H groups in total. The highest BCUT2D eigenvalue weighted by Gasteiger charge is 2.17. The third-order valence-corrected chi connectivity index (χ3v) is 2.82. The highest BCUT2D eigenvalue weighted by atomic mass is 16.6. The van der Waals surface area contributed by atoms with E-state index in [1.54, 1.807) is 19.1 Å². The molecule has 0 saturated carbocycles. The van der Waals surface area contributed by atoms with Crippen LogP contribution in [0.3, 0.4) is 0 Å². The van der Waals surface area contributed by atoms with Gasteiger partial charge in [0.25, 0.3) is 0 Å². The van der Waals surface area contributed by atoms with E-state index in [0.717, 1.165) is 0 Å². The molecule has 0 atom stereocenters. The minimum absolute atomic E-state index is 0.0397. The van der Waals surface area contributed by atoms with Gasteiger partial charge in [0.05, 0.1) is 4.92 Å². The van der Waals surface area contributed by atoms with E-state index in [9.17, 15) is 14.9 Å². The lowest BCUT2D eigenvalue weighted by molar-refractivity contribution is -0.385. The van der Waals surface area contributed by atoms with Gasteiger partial charge in [0.2, 0.25) is 0 Å². The van der Waals surface area contributed by atoms with E-state index in [-0.39, 0.29) is 23.8 Å². The molecular weight excluding hydrogens is 278 g/mol. The Morgan fingerprint density at radius 2 is 2.19 bits per heavy atom. The van der Waals surface area contributed by atoms with Crippen molar-refractivity contribution in [2.24, 2.45) is 5.84 Å². The van der Waals surface area contributed by atoms with Crippen LogP contribution in [0.15, 0.2) is 34.7 Å². The van der Waals surface area contributed by atoms with Crippen molar-refractivity contribution in [2.75, 3.05) is 0 Å². The van der Waals surface area contributed by atoms with Gasteiger partial charge in [-0.05, 0) is 19.1 Å². The molecule has 2 aromatic rings. The lowest BCUT2D eigenvalue weighted by Gasteiger charge is -2.05. The molecule has 0 saturated heterocycles. The van der Waals surface area contributed by atoms with Crippen molar-refractivity contribution in [1.82, 2.24) is 5.43 Å². The summed E-state index contributed by atoms with van der Waals surface area (Å²) in [6.07, 6.45) is 0. The summed E-state index contributed by atoms with van der Waals surface area (Å²) in [5.74, 6) is 5.13.